The Labute approximate surface area is 126 Å². The van der Waals surface area contributed by atoms with Crippen LogP contribution in [0.25, 0.3) is 10.9 Å². The first-order valence-corrected chi connectivity index (χ1v) is 6.62. The lowest BCUT2D eigenvalue weighted by atomic mass is 10.2. The molecule has 0 saturated heterocycles. The van der Waals surface area contributed by atoms with Crippen molar-refractivity contribution in [2.24, 2.45) is 0 Å². The highest BCUT2D eigenvalue weighted by atomic mass is 35.5. The van der Waals surface area contributed by atoms with Crippen LogP contribution < -0.4 is 9.64 Å². The Morgan fingerprint density at radius 1 is 1.05 bits per heavy atom. The molecule has 3 rings (SSSR count). The SMILES string of the molecule is CN(C)c1nc(Cl)nc(Oc2cccc3cccnc23)n1. The fraction of sp³-hybridized carbons (Fsp3) is 0.143. The Hall–Kier alpha value is -2.47. The summed E-state index contributed by atoms with van der Waals surface area (Å²) in [5.41, 5.74) is 0.739. The Morgan fingerprint density at radius 2 is 1.86 bits per heavy atom. The van der Waals surface area contributed by atoms with Crippen molar-refractivity contribution in [3.05, 3.63) is 41.8 Å². The lowest BCUT2D eigenvalue weighted by molar-refractivity contribution is 0.443. The summed E-state index contributed by atoms with van der Waals surface area (Å²) >= 11 is 5.89. The standard InChI is InChI=1S/C14H12ClN5O/c1-20(2)13-17-12(15)18-14(19-13)21-10-7-3-5-9-6-4-8-16-11(9)10/h3-8H,1-2H3. The van der Waals surface area contributed by atoms with Crippen LogP contribution in [0.3, 0.4) is 0 Å². The van der Waals surface area contributed by atoms with Gasteiger partial charge in [-0.25, -0.2) is 0 Å². The maximum absolute atomic E-state index is 5.89. The van der Waals surface area contributed by atoms with Crippen molar-refractivity contribution in [2.75, 3.05) is 19.0 Å². The number of pyridine rings is 1. The van der Waals surface area contributed by atoms with Crippen molar-refractivity contribution >= 4 is 28.5 Å². The van der Waals surface area contributed by atoms with Gasteiger partial charge >= 0.3 is 6.01 Å². The number of aromatic nitrogens is 4. The smallest absolute Gasteiger partial charge is 0.328 e. The Kier molecular flexibility index (Phi) is 3.53. The molecule has 0 aliphatic rings. The molecule has 3 aromatic rings. The summed E-state index contributed by atoms with van der Waals surface area (Å²) in [5, 5.41) is 1.06. The van der Waals surface area contributed by atoms with Gasteiger partial charge in [-0.3, -0.25) is 4.98 Å². The van der Waals surface area contributed by atoms with E-state index in [0.29, 0.717) is 11.7 Å². The van der Waals surface area contributed by atoms with Crippen molar-refractivity contribution in [3.63, 3.8) is 0 Å². The van der Waals surface area contributed by atoms with Gasteiger partial charge in [0.15, 0.2) is 5.75 Å². The molecule has 0 aliphatic carbocycles. The van der Waals surface area contributed by atoms with E-state index >= 15 is 0 Å². The summed E-state index contributed by atoms with van der Waals surface area (Å²) in [6.07, 6.45) is 1.71. The Bertz CT molecular complexity index is 788. The molecule has 1 aromatic carbocycles. The maximum Gasteiger partial charge on any atom is 0.328 e. The normalized spacial score (nSPS) is 10.6. The lowest BCUT2D eigenvalue weighted by Crippen LogP contribution is -2.13. The average Bonchev–Trinajstić information content (AvgIpc) is 2.47. The number of halogens is 1. The molecule has 0 N–H and O–H groups in total. The van der Waals surface area contributed by atoms with Crippen molar-refractivity contribution < 1.29 is 4.74 Å². The van der Waals surface area contributed by atoms with Gasteiger partial charge in [0.1, 0.15) is 5.52 Å². The van der Waals surface area contributed by atoms with Crippen molar-refractivity contribution in [3.8, 4) is 11.8 Å². The zero-order chi connectivity index (χ0) is 14.8. The van der Waals surface area contributed by atoms with Crippen molar-refractivity contribution in [1.29, 1.82) is 0 Å². The third kappa shape index (κ3) is 2.85. The molecular formula is C14H12ClN5O. The molecule has 6 nitrogen and oxygen atoms in total. The van der Waals surface area contributed by atoms with Gasteiger partial charge in [0.25, 0.3) is 0 Å². The van der Waals surface area contributed by atoms with Gasteiger partial charge in [-0.1, -0.05) is 18.2 Å². The number of ether oxygens (including phenoxy) is 1. The fourth-order valence-electron chi connectivity index (χ4n) is 1.82. The van der Waals surface area contributed by atoms with Crippen LogP contribution in [0, 0.1) is 0 Å². The van der Waals surface area contributed by atoms with Crippen molar-refractivity contribution in [1.82, 2.24) is 19.9 Å². The zero-order valence-electron chi connectivity index (χ0n) is 11.5. The molecule has 2 aromatic heterocycles. The molecule has 0 amide bonds. The predicted molar refractivity (Wildman–Crippen MR) is 81.0 cm³/mol. The Balaban J connectivity index is 2.03. The summed E-state index contributed by atoms with van der Waals surface area (Å²) in [5.74, 6) is 0.998. The van der Waals surface area contributed by atoms with Crippen LogP contribution in [-0.4, -0.2) is 34.0 Å². The van der Waals surface area contributed by atoms with E-state index in [2.05, 4.69) is 19.9 Å². The van der Waals surface area contributed by atoms with Crippen LogP contribution in [-0.2, 0) is 0 Å². The van der Waals surface area contributed by atoms with Gasteiger partial charge in [-0.05, 0) is 23.7 Å². The summed E-state index contributed by atoms with van der Waals surface area (Å²) in [6, 6.07) is 9.62. The van der Waals surface area contributed by atoms with E-state index in [1.807, 2.05) is 44.4 Å². The molecule has 0 bridgehead atoms. The van der Waals surface area contributed by atoms with E-state index < -0.39 is 0 Å². The summed E-state index contributed by atoms with van der Waals surface area (Å²) in [4.78, 5) is 18.2. The second-order valence-corrected chi connectivity index (χ2v) is 4.85. The molecule has 7 heteroatoms. The summed E-state index contributed by atoms with van der Waals surface area (Å²) < 4.78 is 5.73. The number of benzene rings is 1. The molecule has 106 valence electrons. The van der Waals surface area contributed by atoms with Gasteiger partial charge in [0, 0.05) is 25.7 Å². The van der Waals surface area contributed by atoms with E-state index in [1.54, 1.807) is 11.1 Å². The minimum atomic E-state index is 0.0805. The van der Waals surface area contributed by atoms with Gasteiger partial charge in [-0.15, -0.1) is 0 Å². The topological polar surface area (TPSA) is 64.0 Å². The van der Waals surface area contributed by atoms with Crippen LogP contribution >= 0.6 is 11.6 Å². The number of rotatable bonds is 3. The fourth-order valence-corrected chi connectivity index (χ4v) is 1.97. The zero-order valence-corrected chi connectivity index (χ0v) is 12.2. The third-order valence-electron chi connectivity index (χ3n) is 2.77. The monoisotopic (exact) mass is 301 g/mol. The third-order valence-corrected chi connectivity index (χ3v) is 2.94. The Morgan fingerprint density at radius 3 is 2.67 bits per heavy atom. The molecule has 0 unspecified atom stereocenters. The lowest BCUT2D eigenvalue weighted by Gasteiger charge is -2.11. The van der Waals surface area contributed by atoms with Crippen LogP contribution in [0.5, 0.6) is 11.8 Å². The highest BCUT2D eigenvalue weighted by Gasteiger charge is 2.10. The highest BCUT2D eigenvalue weighted by molar-refractivity contribution is 6.28. The van der Waals surface area contributed by atoms with Crippen LogP contribution in [0.15, 0.2) is 36.5 Å². The first-order chi connectivity index (χ1) is 10.1. The number of nitrogens with zero attached hydrogens (tertiary/aromatic N) is 5. The molecular weight excluding hydrogens is 290 g/mol. The summed E-state index contributed by atoms with van der Waals surface area (Å²) in [6.45, 7) is 0. The highest BCUT2D eigenvalue weighted by Crippen LogP contribution is 2.27. The molecule has 0 atom stereocenters. The minimum absolute atomic E-state index is 0.0805. The van der Waals surface area contributed by atoms with E-state index in [0.717, 1.165) is 10.9 Å². The van der Waals surface area contributed by atoms with Gasteiger partial charge in [0.05, 0.1) is 0 Å². The largest absolute Gasteiger partial charge is 0.422 e. The molecule has 21 heavy (non-hydrogen) atoms. The molecule has 0 aliphatic heterocycles. The van der Waals surface area contributed by atoms with E-state index in [4.69, 9.17) is 16.3 Å². The molecule has 0 fully saturated rings. The second-order valence-electron chi connectivity index (χ2n) is 4.51. The number of hydrogen-bond donors (Lipinski definition) is 0. The number of para-hydroxylation sites is 1. The molecule has 0 saturated carbocycles. The molecule has 0 spiro atoms. The molecule has 2 heterocycles. The average molecular weight is 302 g/mol. The first kappa shape index (κ1) is 13.5. The van der Waals surface area contributed by atoms with Crippen LogP contribution in [0.2, 0.25) is 5.28 Å². The van der Waals surface area contributed by atoms with E-state index in [9.17, 15) is 0 Å². The van der Waals surface area contributed by atoms with Gasteiger partial charge in [0.2, 0.25) is 11.2 Å². The summed E-state index contributed by atoms with van der Waals surface area (Å²) in [7, 11) is 3.63. The van der Waals surface area contributed by atoms with E-state index in [-0.39, 0.29) is 11.3 Å². The maximum atomic E-state index is 5.89. The number of hydrogen-bond acceptors (Lipinski definition) is 6. The second kappa shape index (κ2) is 5.49. The quantitative estimate of drug-likeness (QED) is 0.741. The van der Waals surface area contributed by atoms with Crippen molar-refractivity contribution in [2.45, 2.75) is 0 Å². The van der Waals surface area contributed by atoms with Gasteiger partial charge < -0.3 is 9.64 Å². The van der Waals surface area contributed by atoms with Crippen LogP contribution in [0.4, 0.5) is 5.95 Å². The predicted octanol–water partition coefficient (Wildman–Crippen LogP) is 2.93. The minimum Gasteiger partial charge on any atom is -0.422 e. The molecule has 0 radical (unpaired) electrons. The van der Waals surface area contributed by atoms with Gasteiger partial charge in [-0.2, -0.15) is 15.0 Å². The van der Waals surface area contributed by atoms with Crippen LogP contribution in [0.1, 0.15) is 0 Å². The van der Waals surface area contributed by atoms with E-state index in [1.165, 1.54) is 0 Å². The first-order valence-electron chi connectivity index (χ1n) is 6.24. The number of anilines is 1. The number of fused-ring (bicyclic) bond motifs is 1.